The number of hydrogen-bond donors (Lipinski definition) is 0. The van der Waals surface area contributed by atoms with Gasteiger partial charge >= 0.3 is 0 Å². The van der Waals surface area contributed by atoms with Crippen LogP contribution < -0.4 is 0 Å². The lowest BCUT2D eigenvalue weighted by atomic mass is 10.1. The van der Waals surface area contributed by atoms with Gasteiger partial charge in [0.1, 0.15) is 0 Å². The molecule has 0 aromatic heterocycles. The Kier molecular flexibility index (Phi) is 4.22. The van der Waals surface area contributed by atoms with Gasteiger partial charge in [-0.05, 0) is 47.7 Å². The number of aryl methyl sites for hydroxylation is 2. The Morgan fingerprint density at radius 3 is 2.22 bits per heavy atom. The van der Waals surface area contributed by atoms with E-state index in [9.17, 15) is 0 Å². The molecule has 0 heterocycles. The van der Waals surface area contributed by atoms with Crippen LogP contribution in [0.25, 0.3) is 12.2 Å². The first kappa shape index (κ1) is 12.9. The molecule has 92 valence electrons. The summed E-state index contributed by atoms with van der Waals surface area (Å²) < 4.78 is 0. The van der Waals surface area contributed by atoms with Crippen molar-refractivity contribution in [2.24, 2.45) is 0 Å². The van der Waals surface area contributed by atoms with E-state index in [-0.39, 0.29) is 0 Å². The molecule has 0 aliphatic rings. The average molecular weight is 257 g/mol. The molecular formula is C17H17Cl. The van der Waals surface area contributed by atoms with Gasteiger partial charge in [-0.1, -0.05) is 61.0 Å². The monoisotopic (exact) mass is 256 g/mol. The highest BCUT2D eigenvalue weighted by atomic mass is 35.5. The van der Waals surface area contributed by atoms with Crippen LogP contribution in [0.4, 0.5) is 0 Å². The van der Waals surface area contributed by atoms with E-state index in [1.165, 1.54) is 16.7 Å². The third kappa shape index (κ3) is 3.48. The number of rotatable bonds is 3. The average Bonchev–Trinajstić information content (AvgIpc) is 2.36. The lowest BCUT2D eigenvalue weighted by molar-refractivity contribution is 1.14. The zero-order valence-electron chi connectivity index (χ0n) is 10.8. The molecule has 1 heteroatoms. The summed E-state index contributed by atoms with van der Waals surface area (Å²) in [5.41, 5.74) is 4.90. The largest absolute Gasteiger partial charge is 0.0843 e. The molecule has 0 atom stereocenters. The molecule has 0 unspecified atom stereocenters. The Morgan fingerprint density at radius 1 is 0.944 bits per heavy atom. The molecular weight excluding hydrogens is 240 g/mol. The molecule has 2 aromatic rings. The van der Waals surface area contributed by atoms with Gasteiger partial charge in [-0.25, -0.2) is 0 Å². The van der Waals surface area contributed by atoms with Crippen molar-refractivity contribution in [2.45, 2.75) is 20.3 Å². The second kappa shape index (κ2) is 5.88. The van der Waals surface area contributed by atoms with E-state index < -0.39 is 0 Å². The van der Waals surface area contributed by atoms with E-state index >= 15 is 0 Å². The molecule has 0 spiro atoms. The van der Waals surface area contributed by atoms with Gasteiger partial charge in [0.2, 0.25) is 0 Å². The van der Waals surface area contributed by atoms with Crippen LogP contribution in [-0.4, -0.2) is 0 Å². The third-order valence-electron chi connectivity index (χ3n) is 2.92. The normalized spacial score (nSPS) is 11.1. The van der Waals surface area contributed by atoms with E-state index in [1.54, 1.807) is 0 Å². The Morgan fingerprint density at radius 2 is 1.61 bits per heavy atom. The van der Waals surface area contributed by atoms with Crippen molar-refractivity contribution in [3.8, 4) is 0 Å². The van der Waals surface area contributed by atoms with Crippen LogP contribution in [0.1, 0.15) is 29.2 Å². The number of halogens is 1. The molecule has 0 saturated heterocycles. The van der Waals surface area contributed by atoms with Crippen LogP contribution in [0, 0.1) is 6.92 Å². The van der Waals surface area contributed by atoms with E-state index in [0.29, 0.717) is 0 Å². The Hall–Kier alpha value is -1.53. The van der Waals surface area contributed by atoms with Gasteiger partial charge < -0.3 is 0 Å². The topological polar surface area (TPSA) is 0 Å². The predicted octanol–water partition coefficient (Wildman–Crippen LogP) is 5.38. The van der Waals surface area contributed by atoms with Gasteiger partial charge in [0.15, 0.2) is 0 Å². The van der Waals surface area contributed by atoms with Crippen molar-refractivity contribution in [2.75, 3.05) is 0 Å². The smallest absolute Gasteiger partial charge is 0.0414 e. The maximum atomic E-state index is 6.04. The second-order valence-electron chi connectivity index (χ2n) is 4.49. The molecule has 18 heavy (non-hydrogen) atoms. The van der Waals surface area contributed by atoms with Crippen molar-refractivity contribution in [1.82, 2.24) is 0 Å². The van der Waals surface area contributed by atoms with Crippen molar-refractivity contribution in [1.29, 1.82) is 0 Å². The summed E-state index contributed by atoms with van der Waals surface area (Å²) in [5.74, 6) is 0. The molecule has 0 radical (unpaired) electrons. The van der Waals surface area contributed by atoms with Gasteiger partial charge in [-0.2, -0.15) is 0 Å². The Labute approximate surface area is 114 Å². The van der Waals surface area contributed by atoms with Crippen molar-refractivity contribution in [3.05, 3.63) is 69.7 Å². The van der Waals surface area contributed by atoms with Crippen molar-refractivity contribution < 1.29 is 0 Å². The summed E-state index contributed by atoms with van der Waals surface area (Å²) in [6.45, 7) is 4.22. The van der Waals surface area contributed by atoms with E-state index in [2.05, 4.69) is 56.3 Å². The quantitative estimate of drug-likeness (QED) is 0.647. The van der Waals surface area contributed by atoms with Gasteiger partial charge in [0.05, 0.1) is 0 Å². The Balaban J connectivity index is 2.18. The summed E-state index contributed by atoms with van der Waals surface area (Å²) in [7, 11) is 0. The molecule has 0 aliphatic carbocycles. The first-order valence-corrected chi connectivity index (χ1v) is 6.59. The van der Waals surface area contributed by atoms with E-state index in [1.807, 2.05) is 12.1 Å². The van der Waals surface area contributed by atoms with Crippen LogP contribution in [-0.2, 0) is 6.42 Å². The summed E-state index contributed by atoms with van der Waals surface area (Å²) in [6.07, 6.45) is 5.29. The van der Waals surface area contributed by atoms with Gasteiger partial charge in [0.25, 0.3) is 0 Å². The molecule has 2 aromatic carbocycles. The summed E-state index contributed by atoms with van der Waals surface area (Å²) in [5, 5.41) is 0.788. The zero-order chi connectivity index (χ0) is 13.0. The van der Waals surface area contributed by atoms with Crippen molar-refractivity contribution in [3.63, 3.8) is 0 Å². The predicted molar refractivity (Wildman–Crippen MR) is 80.9 cm³/mol. The highest BCUT2D eigenvalue weighted by Crippen LogP contribution is 2.17. The maximum absolute atomic E-state index is 6.04. The van der Waals surface area contributed by atoms with Crippen LogP contribution >= 0.6 is 11.6 Å². The van der Waals surface area contributed by atoms with Gasteiger partial charge in [0, 0.05) is 5.02 Å². The van der Waals surface area contributed by atoms with Gasteiger partial charge in [-0.15, -0.1) is 0 Å². The molecule has 2 rings (SSSR count). The van der Waals surface area contributed by atoms with Crippen LogP contribution in [0.15, 0.2) is 42.5 Å². The van der Waals surface area contributed by atoms with Gasteiger partial charge in [-0.3, -0.25) is 0 Å². The summed E-state index contributed by atoms with van der Waals surface area (Å²) in [6, 6.07) is 14.7. The molecule has 0 saturated carbocycles. The fraction of sp³-hybridized carbons (Fsp3) is 0.176. The van der Waals surface area contributed by atoms with E-state index in [0.717, 1.165) is 17.0 Å². The molecule has 0 bridgehead atoms. The lowest BCUT2D eigenvalue weighted by Crippen LogP contribution is -1.80. The van der Waals surface area contributed by atoms with E-state index in [4.69, 9.17) is 11.6 Å². The first-order chi connectivity index (χ1) is 8.67. The summed E-state index contributed by atoms with van der Waals surface area (Å²) >= 11 is 6.04. The fourth-order valence-corrected chi connectivity index (χ4v) is 2.22. The minimum absolute atomic E-state index is 0.788. The van der Waals surface area contributed by atoms with Crippen molar-refractivity contribution >= 4 is 23.8 Å². The molecule has 0 nitrogen and oxygen atoms in total. The van der Waals surface area contributed by atoms with Crippen LogP contribution in [0.2, 0.25) is 5.02 Å². The molecule has 0 aliphatic heterocycles. The second-order valence-corrected chi connectivity index (χ2v) is 4.93. The fourth-order valence-electron chi connectivity index (χ4n) is 1.92. The number of benzene rings is 2. The SMILES string of the molecule is CCc1ccc(/C=C/c2cc(C)cc(Cl)c2)cc1. The highest BCUT2D eigenvalue weighted by Gasteiger charge is 1.94. The minimum Gasteiger partial charge on any atom is -0.0843 e. The van der Waals surface area contributed by atoms with Crippen LogP contribution in [0.5, 0.6) is 0 Å². The highest BCUT2D eigenvalue weighted by molar-refractivity contribution is 6.30. The maximum Gasteiger partial charge on any atom is 0.0414 e. The van der Waals surface area contributed by atoms with Crippen LogP contribution in [0.3, 0.4) is 0 Å². The minimum atomic E-state index is 0.788. The standard InChI is InChI=1S/C17H17Cl/c1-3-14-4-6-15(7-5-14)8-9-16-10-13(2)11-17(18)12-16/h4-12H,3H2,1-2H3/b9-8+. The lowest BCUT2D eigenvalue weighted by Gasteiger charge is -2.00. The molecule has 0 fully saturated rings. The third-order valence-corrected chi connectivity index (χ3v) is 3.14. The molecule has 0 amide bonds. The summed E-state index contributed by atoms with van der Waals surface area (Å²) in [4.78, 5) is 0. The molecule has 0 N–H and O–H groups in total. The zero-order valence-corrected chi connectivity index (χ0v) is 11.5. The number of hydrogen-bond acceptors (Lipinski definition) is 0. The first-order valence-electron chi connectivity index (χ1n) is 6.21. The Bertz CT molecular complexity index is 530.